The molecule has 1 fully saturated rings. The Bertz CT molecular complexity index is 728. The molecule has 0 radical (unpaired) electrons. The first-order chi connectivity index (χ1) is 13.1. The zero-order valence-corrected chi connectivity index (χ0v) is 15.5. The van der Waals surface area contributed by atoms with Crippen molar-refractivity contribution in [1.29, 1.82) is 0 Å². The van der Waals surface area contributed by atoms with Crippen molar-refractivity contribution in [2.75, 3.05) is 26.3 Å². The molecular formula is C21H25FN2O3. The molecule has 1 atom stereocenters. The Balaban J connectivity index is 1.44. The van der Waals surface area contributed by atoms with Crippen LogP contribution in [0.1, 0.15) is 18.1 Å². The lowest BCUT2D eigenvalue weighted by atomic mass is 10.1. The highest BCUT2D eigenvalue weighted by Crippen LogP contribution is 2.13. The number of hydrogen-bond donors (Lipinski definition) is 1. The second kappa shape index (κ2) is 9.48. The van der Waals surface area contributed by atoms with E-state index in [-0.39, 0.29) is 11.7 Å². The lowest BCUT2D eigenvalue weighted by Gasteiger charge is -2.26. The van der Waals surface area contributed by atoms with Gasteiger partial charge in [0.25, 0.3) is 5.91 Å². The maximum atomic E-state index is 12.9. The van der Waals surface area contributed by atoms with E-state index in [0.29, 0.717) is 12.3 Å². The summed E-state index contributed by atoms with van der Waals surface area (Å²) in [6.45, 7) is 6.54. The molecule has 2 aromatic carbocycles. The van der Waals surface area contributed by atoms with Crippen molar-refractivity contribution in [3.05, 3.63) is 65.5 Å². The Morgan fingerprint density at radius 2 is 1.74 bits per heavy atom. The summed E-state index contributed by atoms with van der Waals surface area (Å²) in [5.74, 6) is -0.0836. The molecule has 1 saturated heterocycles. The van der Waals surface area contributed by atoms with E-state index in [1.54, 1.807) is 6.92 Å². The summed E-state index contributed by atoms with van der Waals surface area (Å²) >= 11 is 0. The van der Waals surface area contributed by atoms with Gasteiger partial charge in [-0.3, -0.25) is 9.69 Å². The summed E-state index contributed by atoms with van der Waals surface area (Å²) in [5, 5.41) is 2.87. The van der Waals surface area contributed by atoms with Gasteiger partial charge in [0.15, 0.2) is 6.10 Å². The van der Waals surface area contributed by atoms with Crippen LogP contribution < -0.4 is 10.1 Å². The first-order valence-electron chi connectivity index (χ1n) is 9.18. The van der Waals surface area contributed by atoms with Crippen LogP contribution in [-0.2, 0) is 22.6 Å². The highest BCUT2D eigenvalue weighted by Gasteiger charge is 2.14. The minimum atomic E-state index is -0.656. The number of benzene rings is 2. The van der Waals surface area contributed by atoms with E-state index in [2.05, 4.69) is 22.3 Å². The van der Waals surface area contributed by atoms with Crippen LogP contribution in [0, 0.1) is 5.82 Å². The predicted octanol–water partition coefficient (Wildman–Crippen LogP) is 2.74. The van der Waals surface area contributed by atoms with E-state index in [1.807, 2.05) is 12.1 Å². The van der Waals surface area contributed by atoms with Crippen LogP contribution in [0.15, 0.2) is 48.5 Å². The topological polar surface area (TPSA) is 50.8 Å². The van der Waals surface area contributed by atoms with Crippen LogP contribution in [0.4, 0.5) is 4.39 Å². The highest BCUT2D eigenvalue weighted by molar-refractivity contribution is 5.80. The fraction of sp³-hybridized carbons (Fsp3) is 0.381. The number of nitrogens with one attached hydrogen (secondary N) is 1. The van der Waals surface area contributed by atoms with Crippen molar-refractivity contribution < 1.29 is 18.7 Å². The third kappa shape index (κ3) is 6.05. The molecule has 1 N–H and O–H groups in total. The molecular weight excluding hydrogens is 347 g/mol. The number of ether oxygens (including phenoxy) is 2. The summed E-state index contributed by atoms with van der Waals surface area (Å²) in [4.78, 5) is 14.6. The average Bonchev–Trinajstić information content (AvgIpc) is 2.69. The van der Waals surface area contributed by atoms with Crippen LogP contribution in [0.25, 0.3) is 0 Å². The van der Waals surface area contributed by atoms with Gasteiger partial charge >= 0.3 is 0 Å². The van der Waals surface area contributed by atoms with Gasteiger partial charge < -0.3 is 14.8 Å². The summed E-state index contributed by atoms with van der Waals surface area (Å²) < 4.78 is 23.8. The molecule has 5 nitrogen and oxygen atoms in total. The molecule has 0 saturated carbocycles. The van der Waals surface area contributed by atoms with Crippen molar-refractivity contribution >= 4 is 5.91 Å². The van der Waals surface area contributed by atoms with Crippen molar-refractivity contribution in [1.82, 2.24) is 10.2 Å². The quantitative estimate of drug-likeness (QED) is 0.812. The number of hydrogen-bond acceptors (Lipinski definition) is 4. The molecule has 1 aliphatic heterocycles. The number of rotatable bonds is 7. The highest BCUT2D eigenvalue weighted by atomic mass is 19.1. The SMILES string of the molecule is C[C@H](Oc1ccc(F)cc1)C(=O)NCc1ccc(CN2CCOCC2)cc1. The van der Waals surface area contributed by atoms with E-state index in [0.717, 1.165) is 38.4 Å². The molecule has 6 heteroatoms. The molecule has 0 unspecified atom stereocenters. The van der Waals surface area contributed by atoms with Crippen LogP contribution in [0.2, 0.25) is 0 Å². The maximum absolute atomic E-state index is 12.9. The first-order valence-corrected chi connectivity index (χ1v) is 9.18. The molecule has 3 rings (SSSR count). The number of halogens is 1. The molecule has 27 heavy (non-hydrogen) atoms. The van der Waals surface area contributed by atoms with Gasteiger partial charge in [-0.15, -0.1) is 0 Å². The molecule has 0 aromatic heterocycles. The summed E-state index contributed by atoms with van der Waals surface area (Å²) in [5.41, 5.74) is 2.28. The largest absolute Gasteiger partial charge is 0.481 e. The Hall–Kier alpha value is -2.44. The van der Waals surface area contributed by atoms with Crippen LogP contribution in [-0.4, -0.2) is 43.2 Å². The molecule has 2 aromatic rings. The Morgan fingerprint density at radius 3 is 2.41 bits per heavy atom. The van der Waals surface area contributed by atoms with Crippen LogP contribution in [0.5, 0.6) is 5.75 Å². The Labute approximate surface area is 159 Å². The first kappa shape index (κ1) is 19.3. The van der Waals surface area contributed by atoms with E-state index in [1.165, 1.54) is 29.8 Å². The molecule has 1 aliphatic rings. The standard InChI is InChI=1S/C21H25FN2O3/c1-16(27-20-8-6-19(22)7-9-20)21(25)23-14-17-2-4-18(5-3-17)15-24-10-12-26-13-11-24/h2-9,16H,10-15H2,1H3,(H,23,25)/t16-/m0/s1. The molecule has 1 heterocycles. The molecule has 1 amide bonds. The van der Waals surface area contributed by atoms with Crippen molar-refractivity contribution in [3.8, 4) is 5.75 Å². The fourth-order valence-corrected chi connectivity index (χ4v) is 2.88. The molecule has 0 spiro atoms. The second-order valence-electron chi connectivity index (χ2n) is 6.64. The third-order valence-corrected chi connectivity index (χ3v) is 4.50. The number of carbonyl (C=O) groups excluding carboxylic acids is 1. The number of morpholine rings is 1. The lowest BCUT2D eigenvalue weighted by Crippen LogP contribution is -2.36. The minimum absolute atomic E-state index is 0.211. The summed E-state index contributed by atoms with van der Waals surface area (Å²) in [6.07, 6.45) is -0.656. The maximum Gasteiger partial charge on any atom is 0.261 e. The van der Waals surface area contributed by atoms with Gasteiger partial charge in [0.05, 0.1) is 13.2 Å². The zero-order chi connectivity index (χ0) is 19.1. The molecule has 0 aliphatic carbocycles. The number of carbonyl (C=O) groups is 1. The minimum Gasteiger partial charge on any atom is -0.481 e. The van der Waals surface area contributed by atoms with E-state index < -0.39 is 6.10 Å². The van der Waals surface area contributed by atoms with Gasteiger partial charge in [0, 0.05) is 26.2 Å². The van der Waals surface area contributed by atoms with E-state index in [9.17, 15) is 9.18 Å². The van der Waals surface area contributed by atoms with Gasteiger partial charge in [-0.25, -0.2) is 4.39 Å². The summed E-state index contributed by atoms with van der Waals surface area (Å²) in [6, 6.07) is 13.9. The zero-order valence-electron chi connectivity index (χ0n) is 15.5. The van der Waals surface area contributed by atoms with Gasteiger partial charge in [-0.2, -0.15) is 0 Å². The molecule has 0 bridgehead atoms. The monoisotopic (exact) mass is 372 g/mol. The normalized spacial score (nSPS) is 15.9. The van der Waals surface area contributed by atoms with Crippen molar-refractivity contribution in [2.45, 2.75) is 26.1 Å². The van der Waals surface area contributed by atoms with Gasteiger partial charge in [-0.05, 0) is 42.3 Å². The fourth-order valence-electron chi connectivity index (χ4n) is 2.88. The number of amides is 1. The Morgan fingerprint density at radius 1 is 1.11 bits per heavy atom. The predicted molar refractivity (Wildman–Crippen MR) is 101 cm³/mol. The lowest BCUT2D eigenvalue weighted by molar-refractivity contribution is -0.127. The Kier molecular flexibility index (Phi) is 6.79. The van der Waals surface area contributed by atoms with Crippen molar-refractivity contribution in [3.63, 3.8) is 0 Å². The average molecular weight is 372 g/mol. The van der Waals surface area contributed by atoms with Crippen LogP contribution in [0.3, 0.4) is 0 Å². The number of nitrogens with zero attached hydrogens (tertiary/aromatic N) is 1. The smallest absolute Gasteiger partial charge is 0.261 e. The van der Waals surface area contributed by atoms with E-state index >= 15 is 0 Å². The summed E-state index contributed by atoms with van der Waals surface area (Å²) in [7, 11) is 0. The van der Waals surface area contributed by atoms with Crippen LogP contribution >= 0.6 is 0 Å². The van der Waals surface area contributed by atoms with Crippen molar-refractivity contribution in [2.24, 2.45) is 0 Å². The van der Waals surface area contributed by atoms with E-state index in [4.69, 9.17) is 9.47 Å². The van der Waals surface area contributed by atoms with Gasteiger partial charge in [0.2, 0.25) is 0 Å². The van der Waals surface area contributed by atoms with Gasteiger partial charge in [0.1, 0.15) is 11.6 Å². The van der Waals surface area contributed by atoms with Gasteiger partial charge in [-0.1, -0.05) is 24.3 Å². The third-order valence-electron chi connectivity index (χ3n) is 4.50. The molecule has 144 valence electrons. The second-order valence-corrected chi connectivity index (χ2v) is 6.64.